The number of hydrogen-bond acceptors (Lipinski definition) is 2. The molecule has 0 atom stereocenters. The minimum atomic E-state index is 0.225. The second-order valence-corrected chi connectivity index (χ2v) is 5.29. The number of aryl methyl sites for hydroxylation is 2. The monoisotopic (exact) mass is 261 g/mol. The van der Waals surface area contributed by atoms with Crippen LogP contribution in [-0.2, 0) is 4.79 Å². The summed E-state index contributed by atoms with van der Waals surface area (Å²) in [5.41, 5.74) is 2.48. The van der Waals surface area contributed by atoms with Crippen molar-refractivity contribution in [2.45, 2.75) is 39.5 Å². The van der Waals surface area contributed by atoms with E-state index in [-0.39, 0.29) is 5.91 Å². The number of nitrogens with zero attached hydrogens (tertiary/aromatic N) is 1. The van der Waals surface area contributed by atoms with Crippen molar-refractivity contribution in [3.8, 4) is 5.75 Å². The van der Waals surface area contributed by atoms with E-state index in [9.17, 15) is 4.79 Å². The lowest BCUT2D eigenvalue weighted by Crippen LogP contribution is -2.36. The van der Waals surface area contributed by atoms with Crippen molar-refractivity contribution in [2.75, 3.05) is 19.7 Å². The molecule has 1 heterocycles. The largest absolute Gasteiger partial charge is 0.493 e. The minimum Gasteiger partial charge on any atom is -0.493 e. The smallest absolute Gasteiger partial charge is 0.225 e. The zero-order valence-electron chi connectivity index (χ0n) is 11.9. The van der Waals surface area contributed by atoms with Crippen LogP contribution in [0.3, 0.4) is 0 Å². The first kappa shape index (κ1) is 13.9. The summed E-state index contributed by atoms with van der Waals surface area (Å²) in [4.78, 5) is 13.9. The van der Waals surface area contributed by atoms with E-state index >= 15 is 0 Å². The Balaban J connectivity index is 1.76. The first-order chi connectivity index (χ1) is 9.16. The van der Waals surface area contributed by atoms with Gasteiger partial charge in [-0.3, -0.25) is 4.79 Å². The molecule has 1 saturated heterocycles. The van der Waals surface area contributed by atoms with E-state index in [4.69, 9.17) is 4.74 Å². The van der Waals surface area contributed by atoms with Gasteiger partial charge >= 0.3 is 0 Å². The first-order valence-corrected chi connectivity index (χ1v) is 7.14. The van der Waals surface area contributed by atoms with E-state index in [1.54, 1.807) is 0 Å². The van der Waals surface area contributed by atoms with Gasteiger partial charge in [0.15, 0.2) is 0 Å². The van der Waals surface area contributed by atoms with Gasteiger partial charge in [-0.1, -0.05) is 6.07 Å². The summed E-state index contributed by atoms with van der Waals surface area (Å²) < 4.78 is 5.66. The molecule has 19 heavy (non-hydrogen) atoms. The highest BCUT2D eigenvalue weighted by Crippen LogP contribution is 2.17. The van der Waals surface area contributed by atoms with Crippen molar-refractivity contribution >= 4 is 5.91 Å². The molecule has 3 nitrogen and oxygen atoms in total. The van der Waals surface area contributed by atoms with Crippen LogP contribution in [0.4, 0.5) is 0 Å². The topological polar surface area (TPSA) is 29.5 Å². The number of benzene rings is 1. The van der Waals surface area contributed by atoms with Crippen LogP contribution in [-0.4, -0.2) is 30.5 Å². The molecule has 1 aromatic rings. The van der Waals surface area contributed by atoms with Crippen LogP contribution >= 0.6 is 0 Å². The number of ether oxygens (including phenoxy) is 1. The molecule has 0 unspecified atom stereocenters. The molecule has 3 heteroatoms. The van der Waals surface area contributed by atoms with Gasteiger partial charge in [0.1, 0.15) is 5.75 Å². The Labute approximate surface area is 115 Å². The fraction of sp³-hybridized carbons (Fsp3) is 0.562. The van der Waals surface area contributed by atoms with E-state index in [1.165, 1.54) is 17.5 Å². The predicted octanol–water partition coefficient (Wildman–Crippen LogP) is 3.08. The molecule has 0 saturated carbocycles. The van der Waals surface area contributed by atoms with Gasteiger partial charge in [0.25, 0.3) is 0 Å². The molecule has 0 N–H and O–H groups in total. The summed E-state index contributed by atoms with van der Waals surface area (Å²) in [7, 11) is 0. The third-order valence-electron chi connectivity index (χ3n) is 3.77. The lowest BCUT2D eigenvalue weighted by Gasteiger charge is -2.26. The number of carbonyl (C=O) groups is 1. The molecule has 1 aliphatic rings. The van der Waals surface area contributed by atoms with Crippen molar-refractivity contribution in [1.82, 2.24) is 4.90 Å². The predicted molar refractivity (Wildman–Crippen MR) is 76.5 cm³/mol. The molecule has 0 aliphatic carbocycles. The number of carbonyl (C=O) groups excluding carboxylic acids is 1. The molecular weight excluding hydrogens is 238 g/mol. The summed E-state index contributed by atoms with van der Waals surface area (Å²) in [6.07, 6.45) is 4.02. The second-order valence-electron chi connectivity index (χ2n) is 5.29. The molecule has 2 rings (SSSR count). The third-order valence-corrected chi connectivity index (χ3v) is 3.77. The van der Waals surface area contributed by atoms with E-state index in [0.717, 1.165) is 31.7 Å². The maximum absolute atomic E-state index is 12.0. The van der Waals surface area contributed by atoms with Gasteiger partial charge in [-0.25, -0.2) is 0 Å². The number of piperidine rings is 1. The minimum absolute atomic E-state index is 0.225. The Morgan fingerprint density at radius 2 is 1.89 bits per heavy atom. The molecule has 0 aromatic heterocycles. The highest BCUT2D eigenvalue weighted by molar-refractivity contribution is 5.76. The lowest BCUT2D eigenvalue weighted by atomic mass is 10.1. The van der Waals surface area contributed by atoms with Crippen molar-refractivity contribution in [3.63, 3.8) is 0 Å². The Morgan fingerprint density at radius 1 is 1.16 bits per heavy atom. The van der Waals surface area contributed by atoms with Crippen LogP contribution in [0.5, 0.6) is 5.75 Å². The van der Waals surface area contributed by atoms with Crippen LogP contribution < -0.4 is 4.74 Å². The van der Waals surface area contributed by atoms with Crippen molar-refractivity contribution < 1.29 is 9.53 Å². The highest BCUT2D eigenvalue weighted by atomic mass is 16.5. The second kappa shape index (κ2) is 6.60. The Bertz CT molecular complexity index is 436. The summed E-state index contributed by atoms with van der Waals surface area (Å²) in [6.45, 7) is 6.46. The van der Waals surface area contributed by atoms with E-state index in [0.29, 0.717) is 13.0 Å². The Hall–Kier alpha value is -1.51. The Morgan fingerprint density at radius 3 is 2.58 bits per heavy atom. The average Bonchev–Trinajstić information content (AvgIpc) is 2.43. The average molecular weight is 261 g/mol. The van der Waals surface area contributed by atoms with Crippen LogP contribution in [0, 0.1) is 13.8 Å². The van der Waals surface area contributed by atoms with Gasteiger partial charge < -0.3 is 9.64 Å². The highest BCUT2D eigenvalue weighted by Gasteiger charge is 2.15. The molecule has 0 radical (unpaired) electrons. The zero-order valence-corrected chi connectivity index (χ0v) is 11.9. The summed E-state index contributed by atoms with van der Waals surface area (Å²) >= 11 is 0. The molecule has 1 aromatic carbocycles. The SMILES string of the molecule is Cc1ccc(OCCC(=O)N2CCCCC2)cc1C. The van der Waals surface area contributed by atoms with Gasteiger partial charge in [0, 0.05) is 13.1 Å². The molecule has 104 valence electrons. The van der Waals surface area contributed by atoms with E-state index in [1.807, 2.05) is 17.0 Å². The molecular formula is C16H23NO2. The molecule has 0 spiro atoms. The number of rotatable bonds is 4. The molecule has 1 aliphatic heterocycles. The fourth-order valence-corrected chi connectivity index (χ4v) is 2.36. The van der Waals surface area contributed by atoms with Crippen LogP contribution in [0.1, 0.15) is 36.8 Å². The summed E-state index contributed by atoms with van der Waals surface area (Å²) in [5.74, 6) is 1.08. The number of amides is 1. The van der Waals surface area contributed by atoms with E-state index < -0.39 is 0 Å². The van der Waals surface area contributed by atoms with Crippen LogP contribution in [0.25, 0.3) is 0 Å². The lowest BCUT2D eigenvalue weighted by molar-refractivity contribution is -0.132. The van der Waals surface area contributed by atoms with Gasteiger partial charge in [-0.2, -0.15) is 0 Å². The van der Waals surface area contributed by atoms with Gasteiger partial charge in [-0.15, -0.1) is 0 Å². The standard InChI is InChI=1S/C16H23NO2/c1-13-6-7-15(12-14(13)2)19-11-8-16(18)17-9-4-3-5-10-17/h6-7,12H,3-5,8-11H2,1-2H3. The normalized spacial score (nSPS) is 15.4. The fourth-order valence-electron chi connectivity index (χ4n) is 2.36. The van der Waals surface area contributed by atoms with Gasteiger partial charge in [-0.05, 0) is 56.4 Å². The summed E-state index contributed by atoms with van der Waals surface area (Å²) in [5, 5.41) is 0. The summed E-state index contributed by atoms with van der Waals surface area (Å²) in [6, 6.07) is 6.05. The van der Waals surface area contributed by atoms with E-state index in [2.05, 4.69) is 19.9 Å². The van der Waals surface area contributed by atoms with Crippen molar-refractivity contribution in [1.29, 1.82) is 0 Å². The third kappa shape index (κ3) is 3.98. The Kier molecular flexibility index (Phi) is 4.83. The maximum Gasteiger partial charge on any atom is 0.225 e. The molecule has 1 fully saturated rings. The molecule has 1 amide bonds. The van der Waals surface area contributed by atoms with Crippen molar-refractivity contribution in [3.05, 3.63) is 29.3 Å². The zero-order chi connectivity index (χ0) is 13.7. The quantitative estimate of drug-likeness (QED) is 0.833. The number of likely N-dealkylation sites (tertiary alicyclic amines) is 1. The van der Waals surface area contributed by atoms with Gasteiger partial charge in [0.2, 0.25) is 5.91 Å². The number of hydrogen-bond donors (Lipinski definition) is 0. The maximum atomic E-state index is 12.0. The van der Waals surface area contributed by atoms with Crippen LogP contribution in [0.15, 0.2) is 18.2 Å². The van der Waals surface area contributed by atoms with Crippen LogP contribution in [0.2, 0.25) is 0 Å². The first-order valence-electron chi connectivity index (χ1n) is 7.14. The molecule has 0 bridgehead atoms. The van der Waals surface area contributed by atoms with Crippen molar-refractivity contribution in [2.24, 2.45) is 0 Å². The van der Waals surface area contributed by atoms with Gasteiger partial charge in [0.05, 0.1) is 13.0 Å².